The Hall–Kier alpha value is -1.56. The van der Waals surface area contributed by atoms with Crippen LogP contribution in [0.2, 0.25) is 0 Å². The van der Waals surface area contributed by atoms with Crippen molar-refractivity contribution < 1.29 is 19.8 Å². The van der Waals surface area contributed by atoms with Gasteiger partial charge in [0.05, 0.1) is 22.9 Å². The quantitative estimate of drug-likeness (QED) is 0.378. The number of carbonyl (C=O) groups is 1. The third-order valence-electron chi connectivity index (χ3n) is 2.02. The number of rotatable bonds is 2. The number of esters is 1. The number of carbonyl (C=O) groups excluding carboxylic acids is 1. The van der Waals surface area contributed by atoms with Crippen LogP contribution < -0.4 is 0 Å². The standard InChI is InChI=1S/C10H10BrNO4/c1-5(12-15)7-3-6(10(14)16-2)4-8(11)9(7)13/h3-4,13,15H,1-2H3/b12-5-. The highest BCUT2D eigenvalue weighted by molar-refractivity contribution is 9.10. The molecule has 0 aliphatic carbocycles. The van der Waals surface area contributed by atoms with Crippen molar-refractivity contribution in [3.63, 3.8) is 0 Å². The Morgan fingerprint density at radius 3 is 2.62 bits per heavy atom. The molecular weight excluding hydrogens is 278 g/mol. The number of benzene rings is 1. The fourth-order valence-corrected chi connectivity index (χ4v) is 1.62. The van der Waals surface area contributed by atoms with E-state index in [1.165, 1.54) is 26.2 Å². The van der Waals surface area contributed by atoms with E-state index < -0.39 is 5.97 Å². The van der Waals surface area contributed by atoms with E-state index in [4.69, 9.17) is 5.21 Å². The molecule has 16 heavy (non-hydrogen) atoms. The van der Waals surface area contributed by atoms with Crippen molar-refractivity contribution in [2.24, 2.45) is 5.16 Å². The predicted octanol–water partition coefficient (Wildman–Crippen LogP) is 2.14. The van der Waals surface area contributed by atoms with Gasteiger partial charge in [0.25, 0.3) is 0 Å². The van der Waals surface area contributed by atoms with Crippen molar-refractivity contribution in [3.05, 3.63) is 27.7 Å². The van der Waals surface area contributed by atoms with Crippen molar-refractivity contribution in [1.82, 2.24) is 0 Å². The summed E-state index contributed by atoms with van der Waals surface area (Å²) in [5.41, 5.74) is 0.714. The summed E-state index contributed by atoms with van der Waals surface area (Å²) in [6.07, 6.45) is 0. The number of oxime groups is 1. The molecule has 0 radical (unpaired) electrons. The first-order chi connectivity index (χ1) is 7.51. The van der Waals surface area contributed by atoms with Crippen LogP contribution in [0.25, 0.3) is 0 Å². The molecule has 6 heteroatoms. The fourth-order valence-electron chi connectivity index (χ4n) is 1.16. The number of aromatic hydroxyl groups is 1. The van der Waals surface area contributed by atoms with Crippen LogP contribution in [0, 0.1) is 0 Å². The number of phenols is 1. The van der Waals surface area contributed by atoms with Crippen molar-refractivity contribution >= 4 is 27.6 Å². The van der Waals surface area contributed by atoms with Crippen LogP contribution in [0.4, 0.5) is 0 Å². The normalized spacial score (nSPS) is 11.3. The summed E-state index contributed by atoms with van der Waals surface area (Å²) in [4.78, 5) is 11.3. The Kier molecular flexibility index (Phi) is 3.89. The van der Waals surface area contributed by atoms with E-state index in [9.17, 15) is 9.90 Å². The molecule has 0 aromatic heterocycles. The number of hydrogen-bond acceptors (Lipinski definition) is 5. The molecule has 0 saturated heterocycles. The minimum atomic E-state index is -0.535. The van der Waals surface area contributed by atoms with Gasteiger partial charge in [-0.15, -0.1) is 0 Å². The molecule has 0 atom stereocenters. The van der Waals surface area contributed by atoms with Gasteiger partial charge in [-0.2, -0.15) is 0 Å². The monoisotopic (exact) mass is 287 g/mol. The van der Waals surface area contributed by atoms with E-state index >= 15 is 0 Å². The SMILES string of the molecule is COC(=O)c1cc(Br)c(O)c(/C(C)=N\O)c1. The Morgan fingerprint density at radius 2 is 2.12 bits per heavy atom. The Morgan fingerprint density at radius 1 is 1.50 bits per heavy atom. The highest BCUT2D eigenvalue weighted by Crippen LogP contribution is 2.30. The number of hydrogen-bond donors (Lipinski definition) is 2. The number of methoxy groups -OCH3 is 1. The van der Waals surface area contributed by atoms with Gasteiger partial charge in [-0.1, -0.05) is 5.16 Å². The van der Waals surface area contributed by atoms with E-state index in [0.29, 0.717) is 4.47 Å². The lowest BCUT2D eigenvalue weighted by Gasteiger charge is -2.07. The van der Waals surface area contributed by atoms with E-state index in [1.54, 1.807) is 0 Å². The summed E-state index contributed by atoms with van der Waals surface area (Å²) >= 11 is 3.10. The topological polar surface area (TPSA) is 79.1 Å². The van der Waals surface area contributed by atoms with Crippen molar-refractivity contribution in [3.8, 4) is 5.75 Å². The van der Waals surface area contributed by atoms with Gasteiger partial charge in [-0.3, -0.25) is 0 Å². The first kappa shape index (κ1) is 12.5. The van der Waals surface area contributed by atoms with Gasteiger partial charge in [0.1, 0.15) is 5.75 Å². The van der Waals surface area contributed by atoms with Crippen LogP contribution in [0.15, 0.2) is 21.8 Å². The van der Waals surface area contributed by atoms with Gasteiger partial charge in [-0.25, -0.2) is 4.79 Å². The highest BCUT2D eigenvalue weighted by atomic mass is 79.9. The van der Waals surface area contributed by atoms with E-state index in [2.05, 4.69) is 25.8 Å². The molecule has 0 spiro atoms. The second-order valence-corrected chi connectivity index (χ2v) is 3.89. The average Bonchev–Trinajstić information content (AvgIpc) is 2.30. The summed E-state index contributed by atoms with van der Waals surface area (Å²) in [6.45, 7) is 1.50. The number of ether oxygens (including phenoxy) is 1. The first-order valence-corrected chi connectivity index (χ1v) is 5.10. The molecule has 0 fully saturated rings. The maximum absolute atomic E-state index is 11.3. The molecule has 0 saturated carbocycles. The smallest absolute Gasteiger partial charge is 0.337 e. The van der Waals surface area contributed by atoms with E-state index in [0.717, 1.165) is 0 Å². The maximum atomic E-state index is 11.3. The molecule has 1 aromatic rings. The molecule has 0 aliphatic heterocycles. The van der Waals surface area contributed by atoms with Gasteiger partial charge >= 0.3 is 5.97 Å². The molecule has 0 bridgehead atoms. The zero-order chi connectivity index (χ0) is 12.3. The molecular formula is C10H10BrNO4. The summed E-state index contributed by atoms with van der Waals surface area (Å²) in [5.74, 6) is -0.629. The maximum Gasteiger partial charge on any atom is 0.337 e. The van der Waals surface area contributed by atoms with E-state index in [1.807, 2.05) is 0 Å². The van der Waals surface area contributed by atoms with Gasteiger partial charge in [0.2, 0.25) is 0 Å². The van der Waals surface area contributed by atoms with Crippen LogP contribution in [0.3, 0.4) is 0 Å². The predicted molar refractivity (Wildman–Crippen MR) is 61.1 cm³/mol. The summed E-state index contributed by atoms with van der Waals surface area (Å²) in [6, 6.07) is 2.82. The Bertz CT molecular complexity index is 456. The fraction of sp³-hybridized carbons (Fsp3) is 0.200. The molecule has 2 N–H and O–H groups in total. The largest absolute Gasteiger partial charge is 0.506 e. The zero-order valence-electron chi connectivity index (χ0n) is 8.69. The second-order valence-electron chi connectivity index (χ2n) is 3.03. The van der Waals surface area contributed by atoms with Gasteiger partial charge in [-0.05, 0) is 35.0 Å². The van der Waals surface area contributed by atoms with Crippen LogP contribution in [0.1, 0.15) is 22.8 Å². The second kappa shape index (κ2) is 4.98. The summed E-state index contributed by atoms with van der Waals surface area (Å²) < 4.78 is 4.88. The lowest BCUT2D eigenvalue weighted by atomic mass is 10.1. The lowest BCUT2D eigenvalue weighted by molar-refractivity contribution is 0.0600. The third-order valence-corrected chi connectivity index (χ3v) is 2.63. The average molecular weight is 288 g/mol. The Balaban J connectivity index is 3.39. The molecule has 5 nitrogen and oxygen atoms in total. The number of phenolic OH excluding ortho intramolecular Hbond substituents is 1. The summed E-state index contributed by atoms with van der Waals surface area (Å²) in [5, 5.41) is 21.3. The molecule has 0 unspecified atom stereocenters. The van der Waals surface area contributed by atoms with Crippen LogP contribution >= 0.6 is 15.9 Å². The van der Waals surface area contributed by atoms with Crippen LogP contribution in [-0.2, 0) is 4.74 Å². The van der Waals surface area contributed by atoms with Gasteiger partial charge < -0.3 is 15.1 Å². The molecule has 1 aromatic carbocycles. The van der Waals surface area contributed by atoms with Gasteiger partial charge in [0.15, 0.2) is 0 Å². The third kappa shape index (κ3) is 2.33. The van der Waals surface area contributed by atoms with Crippen molar-refractivity contribution in [2.45, 2.75) is 6.92 Å². The minimum Gasteiger partial charge on any atom is -0.506 e. The number of nitrogens with zero attached hydrogens (tertiary/aromatic N) is 1. The molecule has 0 aliphatic rings. The molecule has 0 heterocycles. The lowest BCUT2D eigenvalue weighted by Crippen LogP contribution is -2.04. The Labute approximate surface area is 100 Å². The molecule has 0 amide bonds. The summed E-state index contributed by atoms with van der Waals surface area (Å²) in [7, 11) is 1.26. The zero-order valence-corrected chi connectivity index (χ0v) is 10.3. The van der Waals surface area contributed by atoms with E-state index in [-0.39, 0.29) is 22.6 Å². The minimum absolute atomic E-state index is 0.0945. The van der Waals surface area contributed by atoms with Crippen molar-refractivity contribution in [1.29, 1.82) is 0 Å². The molecule has 86 valence electrons. The van der Waals surface area contributed by atoms with Crippen LogP contribution in [-0.4, -0.2) is 29.1 Å². The number of halogens is 1. The van der Waals surface area contributed by atoms with Gasteiger partial charge in [0, 0.05) is 5.56 Å². The van der Waals surface area contributed by atoms with Crippen LogP contribution in [0.5, 0.6) is 5.75 Å². The highest BCUT2D eigenvalue weighted by Gasteiger charge is 2.15. The first-order valence-electron chi connectivity index (χ1n) is 4.31. The van der Waals surface area contributed by atoms with Crippen molar-refractivity contribution in [2.75, 3.05) is 7.11 Å². The molecule has 1 rings (SSSR count).